The Bertz CT molecular complexity index is 406. The van der Waals surface area contributed by atoms with Crippen LogP contribution in [0.3, 0.4) is 0 Å². The van der Waals surface area contributed by atoms with Crippen molar-refractivity contribution in [3.8, 4) is 0 Å². The Morgan fingerprint density at radius 3 is 2.94 bits per heavy atom. The molecule has 0 spiro atoms. The van der Waals surface area contributed by atoms with Crippen molar-refractivity contribution in [2.45, 2.75) is 18.5 Å². The van der Waals surface area contributed by atoms with E-state index in [2.05, 4.69) is 34.9 Å². The lowest BCUT2D eigenvalue weighted by atomic mass is 9.85. The summed E-state index contributed by atoms with van der Waals surface area (Å²) in [6, 6.07) is 9.08. The number of nitrogens with one attached hydrogen (secondary N) is 2. The second kappa shape index (κ2) is 4.29. The topological polar surface area (TPSA) is 53.3 Å². The van der Waals surface area contributed by atoms with Gasteiger partial charge in [-0.05, 0) is 31.6 Å². The van der Waals surface area contributed by atoms with Gasteiger partial charge in [-0.2, -0.15) is 0 Å². The van der Waals surface area contributed by atoms with Crippen LogP contribution in [-0.4, -0.2) is 31.1 Å². The fourth-order valence-corrected chi connectivity index (χ4v) is 3.08. The minimum absolute atomic E-state index is 0.337. The molecule has 1 aromatic rings. The Hall–Kier alpha value is -1.10. The first-order valence-corrected chi connectivity index (χ1v) is 6.29. The molecule has 0 aromatic heterocycles. The van der Waals surface area contributed by atoms with Crippen LogP contribution in [0.4, 0.5) is 5.69 Å². The number of para-hydroxylation sites is 1. The monoisotopic (exact) mass is 232 g/mol. The molecule has 17 heavy (non-hydrogen) atoms. The van der Waals surface area contributed by atoms with Crippen LogP contribution in [0.25, 0.3) is 0 Å². The summed E-state index contributed by atoms with van der Waals surface area (Å²) >= 11 is 0. The summed E-state index contributed by atoms with van der Waals surface area (Å²) in [7, 11) is 2.19. The van der Waals surface area contributed by atoms with Crippen molar-refractivity contribution in [3.05, 3.63) is 29.8 Å². The molecule has 4 nitrogen and oxygen atoms in total. The van der Waals surface area contributed by atoms with E-state index in [1.54, 1.807) is 0 Å². The van der Waals surface area contributed by atoms with E-state index in [-0.39, 0.29) is 0 Å². The largest absolute Gasteiger partial charge is 0.398 e. The van der Waals surface area contributed by atoms with Gasteiger partial charge in [-0.15, -0.1) is 0 Å². The van der Waals surface area contributed by atoms with Gasteiger partial charge in [0.15, 0.2) is 0 Å². The quantitative estimate of drug-likeness (QED) is 0.625. The van der Waals surface area contributed by atoms with Gasteiger partial charge in [0.1, 0.15) is 0 Å². The van der Waals surface area contributed by atoms with E-state index in [9.17, 15) is 0 Å². The molecule has 2 aliphatic rings. The minimum atomic E-state index is 0.337. The third kappa shape index (κ3) is 1.92. The number of nitrogen functional groups attached to an aromatic ring is 1. The fourth-order valence-electron chi connectivity index (χ4n) is 3.08. The number of nitrogens with two attached hydrogens (primary N) is 1. The summed E-state index contributed by atoms with van der Waals surface area (Å²) in [5.74, 6) is 0.610. The smallest absolute Gasteiger partial charge is 0.0538 e. The van der Waals surface area contributed by atoms with E-state index in [0.29, 0.717) is 18.0 Å². The molecule has 0 amide bonds. The first kappa shape index (κ1) is 11.0. The number of hydrogen-bond acceptors (Lipinski definition) is 4. The highest BCUT2D eigenvalue weighted by Crippen LogP contribution is 2.35. The number of fused-ring (bicyclic) bond motifs is 1. The Labute approximate surface area is 102 Å². The molecule has 92 valence electrons. The fraction of sp³-hybridized carbons (Fsp3) is 0.538. The molecule has 1 aromatic carbocycles. The van der Waals surface area contributed by atoms with Gasteiger partial charge in [-0.25, -0.2) is 5.43 Å². The number of hydrazine groups is 1. The molecule has 3 rings (SSSR count). The second-order valence-electron chi connectivity index (χ2n) is 5.22. The molecule has 2 aliphatic heterocycles. The van der Waals surface area contributed by atoms with Crippen LogP contribution in [0.5, 0.6) is 0 Å². The maximum Gasteiger partial charge on any atom is 0.0538 e. The summed E-state index contributed by atoms with van der Waals surface area (Å²) in [6.07, 6.45) is 1.21. The van der Waals surface area contributed by atoms with Crippen LogP contribution in [0.1, 0.15) is 18.0 Å². The van der Waals surface area contributed by atoms with Crippen LogP contribution in [0, 0.1) is 5.92 Å². The Kier molecular flexibility index (Phi) is 2.78. The third-order valence-corrected chi connectivity index (χ3v) is 4.04. The Morgan fingerprint density at radius 2 is 2.12 bits per heavy atom. The molecule has 2 heterocycles. The van der Waals surface area contributed by atoms with Crippen molar-refractivity contribution >= 4 is 5.69 Å². The van der Waals surface area contributed by atoms with Gasteiger partial charge in [-0.1, -0.05) is 18.2 Å². The van der Waals surface area contributed by atoms with Gasteiger partial charge in [0.05, 0.1) is 6.04 Å². The zero-order chi connectivity index (χ0) is 11.8. The number of hydrogen-bond donors (Lipinski definition) is 3. The Morgan fingerprint density at radius 1 is 1.29 bits per heavy atom. The van der Waals surface area contributed by atoms with Crippen molar-refractivity contribution < 1.29 is 0 Å². The molecule has 4 N–H and O–H groups in total. The maximum absolute atomic E-state index is 6.08. The average molecular weight is 232 g/mol. The van der Waals surface area contributed by atoms with Crippen LogP contribution in [0.15, 0.2) is 24.3 Å². The standard InChI is InChI=1S/C13H20N4/c1-17-7-6-12-10(8-17)13(16-15-12)9-4-2-3-5-11(9)14/h2-5,10,12-13,15-16H,6-8,14H2,1H3. The minimum Gasteiger partial charge on any atom is -0.398 e. The lowest BCUT2D eigenvalue weighted by Gasteiger charge is -2.34. The summed E-state index contributed by atoms with van der Waals surface area (Å²) in [5.41, 5.74) is 15.0. The zero-order valence-corrected chi connectivity index (χ0v) is 10.2. The predicted molar refractivity (Wildman–Crippen MR) is 69.3 cm³/mol. The van der Waals surface area contributed by atoms with Crippen LogP contribution >= 0.6 is 0 Å². The van der Waals surface area contributed by atoms with Crippen LogP contribution < -0.4 is 16.6 Å². The van der Waals surface area contributed by atoms with Crippen molar-refractivity contribution in [1.29, 1.82) is 0 Å². The van der Waals surface area contributed by atoms with Crippen molar-refractivity contribution in [2.24, 2.45) is 5.92 Å². The van der Waals surface area contributed by atoms with Crippen molar-refractivity contribution in [1.82, 2.24) is 15.8 Å². The molecular weight excluding hydrogens is 212 g/mol. The van der Waals surface area contributed by atoms with Gasteiger partial charge in [-0.3, -0.25) is 5.43 Å². The highest BCUT2D eigenvalue weighted by molar-refractivity contribution is 5.48. The van der Waals surface area contributed by atoms with Crippen molar-refractivity contribution in [3.63, 3.8) is 0 Å². The number of rotatable bonds is 1. The van der Waals surface area contributed by atoms with Gasteiger partial charge < -0.3 is 10.6 Å². The van der Waals surface area contributed by atoms with E-state index in [0.717, 1.165) is 12.2 Å². The number of benzene rings is 1. The molecular formula is C13H20N4. The summed E-state index contributed by atoms with van der Waals surface area (Å²) in [5, 5.41) is 0. The number of anilines is 1. The SMILES string of the molecule is CN1CCC2NNC(c3ccccc3N)C2C1. The van der Waals surface area contributed by atoms with Gasteiger partial charge in [0.25, 0.3) is 0 Å². The van der Waals surface area contributed by atoms with E-state index in [1.807, 2.05) is 12.1 Å². The Balaban J connectivity index is 1.87. The van der Waals surface area contributed by atoms with Crippen LogP contribution in [0.2, 0.25) is 0 Å². The number of piperidine rings is 1. The number of likely N-dealkylation sites (tertiary alicyclic amines) is 1. The maximum atomic E-state index is 6.08. The normalized spacial score (nSPS) is 33.6. The first-order valence-electron chi connectivity index (χ1n) is 6.29. The van der Waals surface area contributed by atoms with E-state index < -0.39 is 0 Å². The molecule has 3 atom stereocenters. The molecule has 2 saturated heterocycles. The third-order valence-electron chi connectivity index (χ3n) is 4.04. The summed E-state index contributed by atoms with van der Waals surface area (Å²) in [4.78, 5) is 2.40. The zero-order valence-electron chi connectivity index (χ0n) is 10.2. The molecule has 0 radical (unpaired) electrons. The van der Waals surface area contributed by atoms with E-state index in [1.165, 1.54) is 18.5 Å². The van der Waals surface area contributed by atoms with Crippen molar-refractivity contribution in [2.75, 3.05) is 25.9 Å². The molecule has 0 saturated carbocycles. The molecule has 2 fully saturated rings. The van der Waals surface area contributed by atoms with Crippen LogP contribution in [-0.2, 0) is 0 Å². The lowest BCUT2D eigenvalue weighted by molar-refractivity contribution is 0.185. The summed E-state index contributed by atoms with van der Waals surface area (Å²) < 4.78 is 0. The average Bonchev–Trinajstić information content (AvgIpc) is 2.72. The molecule has 0 bridgehead atoms. The molecule has 3 unspecified atom stereocenters. The summed E-state index contributed by atoms with van der Waals surface area (Å²) in [6.45, 7) is 2.30. The second-order valence-corrected chi connectivity index (χ2v) is 5.22. The predicted octanol–water partition coefficient (Wildman–Crippen LogP) is 0.738. The molecule has 0 aliphatic carbocycles. The molecule has 4 heteroatoms. The first-order chi connectivity index (χ1) is 8.25. The highest BCUT2D eigenvalue weighted by Gasteiger charge is 2.40. The van der Waals surface area contributed by atoms with Gasteiger partial charge in [0, 0.05) is 24.2 Å². The van der Waals surface area contributed by atoms with E-state index in [4.69, 9.17) is 5.73 Å². The van der Waals surface area contributed by atoms with Gasteiger partial charge in [0.2, 0.25) is 0 Å². The number of nitrogens with zero attached hydrogens (tertiary/aromatic N) is 1. The lowest BCUT2D eigenvalue weighted by Crippen LogP contribution is -2.43. The van der Waals surface area contributed by atoms with Gasteiger partial charge >= 0.3 is 0 Å². The highest BCUT2D eigenvalue weighted by atomic mass is 15.4. The van der Waals surface area contributed by atoms with E-state index >= 15 is 0 Å².